The van der Waals surface area contributed by atoms with Gasteiger partial charge in [0.05, 0.1) is 12.7 Å². The van der Waals surface area contributed by atoms with Crippen LogP contribution in [-0.2, 0) is 4.74 Å². The van der Waals surface area contributed by atoms with Gasteiger partial charge in [-0.15, -0.1) is 0 Å². The monoisotopic (exact) mass is 210 g/mol. The smallest absolute Gasteiger partial charge is 0.214 e. The lowest BCUT2D eigenvalue weighted by atomic mass is 10.1. The molecule has 4 nitrogen and oxygen atoms in total. The Morgan fingerprint density at radius 2 is 2.13 bits per heavy atom. The lowest BCUT2D eigenvalue weighted by Gasteiger charge is -2.23. The Bertz CT molecular complexity index is 313. The molecule has 0 amide bonds. The van der Waals surface area contributed by atoms with E-state index in [2.05, 4.69) is 10.3 Å². The zero-order valence-electron chi connectivity index (χ0n) is 9.70. The van der Waals surface area contributed by atoms with Crippen LogP contribution in [0.4, 0.5) is 5.69 Å². The second-order valence-corrected chi connectivity index (χ2v) is 3.90. The van der Waals surface area contributed by atoms with E-state index in [0.717, 1.165) is 12.2 Å². The highest BCUT2D eigenvalue weighted by Gasteiger charge is 2.15. The van der Waals surface area contributed by atoms with Crippen LogP contribution in [0.25, 0.3) is 0 Å². The number of methoxy groups -OCH3 is 2. The Morgan fingerprint density at radius 1 is 1.40 bits per heavy atom. The number of hydrogen-bond donors (Lipinski definition) is 1. The van der Waals surface area contributed by atoms with Crippen LogP contribution in [0.15, 0.2) is 18.3 Å². The van der Waals surface area contributed by atoms with Crippen molar-refractivity contribution in [1.29, 1.82) is 0 Å². The molecule has 1 heterocycles. The molecular formula is C11H18N2O2. The molecule has 0 bridgehead atoms. The van der Waals surface area contributed by atoms with Gasteiger partial charge in [0.2, 0.25) is 5.88 Å². The molecule has 4 heteroatoms. The SMILES string of the molecule is COc1cc(NCC(C)(C)OC)ccn1. The van der Waals surface area contributed by atoms with Crippen molar-refractivity contribution in [1.82, 2.24) is 4.98 Å². The Hall–Kier alpha value is -1.29. The summed E-state index contributed by atoms with van der Waals surface area (Å²) in [5.41, 5.74) is 0.795. The number of nitrogens with zero attached hydrogens (tertiary/aromatic N) is 1. The summed E-state index contributed by atoms with van der Waals surface area (Å²) >= 11 is 0. The predicted molar refractivity (Wildman–Crippen MR) is 60.4 cm³/mol. The fourth-order valence-electron chi connectivity index (χ4n) is 1.02. The Labute approximate surface area is 90.6 Å². The van der Waals surface area contributed by atoms with Crippen LogP contribution >= 0.6 is 0 Å². The van der Waals surface area contributed by atoms with Crippen LogP contribution in [0.1, 0.15) is 13.8 Å². The van der Waals surface area contributed by atoms with Crippen molar-refractivity contribution in [2.24, 2.45) is 0 Å². The van der Waals surface area contributed by atoms with E-state index in [1.165, 1.54) is 0 Å². The Balaban J connectivity index is 2.57. The van der Waals surface area contributed by atoms with Gasteiger partial charge < -0.3 is 14.8 Å². The van der Waals surface area contributed by atoms with Gasteiger partial charge in [-0.2, -0.15) is 0 Å². The van der Waals surface area contributed by atoms with E-state index in [1.807, 2.05) is 26.0 Å². The summed E-state index contributed by atoms with van der Waals surface area (Å²) in [6.45, 7) is 4.79. The van der Waals surface area contributed by atoms with E-state index < -0.39 is 0 Å². The summed E-state index contributed by atoms with van der Waals surface area (Å²) in [7, 11) is 3.31. The molecule has 0 aliphatic rings. The molecular weight excluding hydrogens is 192 g/mol. The van der Waals surface area contributed by atoms with Crippen molar-refractivity contribution in [3.8, 4) is 5.88 Å². The number of pyridine rings is 1. The summed E-state index contributed by atoms with van der Waals surface area (Å²) in [5.74, 6) is 0.607. The molecule has 0 aliphatic carbocycles. The van der Waals surface area contributed by atoms with Crippen molar-refractivity contribution in [3.05, 3.63) is 18.3 Å². The van der Waals surface area contributed by atoms with Gasteiger partial charge in [-0.1, -0.05) is 0 Å². The van der Waals surface area contributed by atoms with E-state index in [9.17, 15) is 0 Å². The van der Waals surface area contributed by atoms with Crippen LogP contribution in [0.3, 0.4) is 0 Å². The fraction of sp³-hybridized carbons (Fsp3) is 0.545. The molecule has 1 aromatic heterocycles. The molecule has 1 aromatic rings. The van der Waals surface area contributed by atoms with Gasteiger partial charge in [0.15, 0.2) is 0 Å². The maximum Gasteiger partial charge on any atom is 0.214 e. The molecule has 1 rings (SSSR count). The quantitative estimate of drug-likeness (QED) is 0.806. The first kappa shape index (κ1) is 11.8. The third kappa shape index (κ3) is 3.75. The van der Waals surface area contributed by atoms with E-state index in [0.29, 0.717) is 5.88 Å². The first-order valence-corrected chi connectivity index (χ1v) is 4.86. The number of anilines is 1. The lowest BCUT2D eigenvalue weighted by Crippen LogP contribution is -2.32. The molecule has 15 heavy (non-hydrogen) atoms. The minimum Gasteiger partial charge on any atom is -0.481 e. The summed E-state index contributed by atoms with van der Waals surface area (Å²) in [5, 5.41) is 3.27. The minimum absolute atomic E-state index is 0.184. The fourth-order valence-corrected chi connectivity index (χ4v) is 1.02. The average Bonchev–Trinajstić information content (AvgIpc) is 2.27. The summed E-state index contributed by atoms with van der Waals surface area (Å²) in [4.78, 5) is 4.03. The molecule has 0 aliphatic heterocycles. The molecule has 0 aromatic carbocycles. The van der Waals surface area contributed by atoms with Crippen molar-refractivity contribution in [3.63, 3.8) is 0 Å². The van der Waals surface area contributed by atoms with Gasteiger partial charge in [0, 0.05) is 31.6 Å². The van der Waals surface area contributed by atoms with Gasteiger partial charge in [0.1, 0.15) is 0 Å². The Morgan fingerprint density at radius 3 is 2.73 bits per heavy atom. The van der Waals surface area contributed by atoms with E-state index in [4.69, 9.17) is 9.47 Å². The van der Waals surface area contributed by atoms with Crippen LogP contribution < -0.4 is 10.1 Å². The largest absolute Gasteiger partial charge is 0.481 e. The van der Waals surface area contributed by atoms with E-state index in [-0.39, 0.29) is 5.60 Å². The van der Waals surface area contributed by atoms with Crippen molar-refractivity contribution < 1.29 is 9.47 Å². The van der Waals surface area contributed by atoms with Crippen LogP contribution in [-0.4, -0.2) is 31.3 Å². The molecule has 0 unspecified atom stereocenters. The second kappa shape index (κ2) is 4.98. The van der Waals surface area contributed by atoms with Crippen molar-refractivity contribution >= 4 is 5.69 Å². The van der Waals surface area contributed by atoms with Gasteiger partial charge >= 0.3 is 0 Å². The molecule has 0 radical (unpaired) electrons. The highest BCUT2D eigenvalue weighted by Crippen LogP contribution is 2.15. The predicted octanol–water partition coefficient (Wildman–Crippen LogP) is 1.93. The van der Waals surface area contributed by atoms with E-state index in [1.54, 1.807) is 20.4 Å². The van der Waals surface area contributed by atoms with Gasteiger partial charge in [-0.05, 0) is 19.9 Å². The standard InChI is InChI=1S/C11H18N2O2/c1-11(2,15-4)8-13-9-5-6-12-10(7-9)14-3/h5-7H,8H2,1-4H3,(H,12,13). The van der Waals surface area contributed by atoms with Crippen LogP contribution in [0.2, 0.25) is 0 Å². The zero-order valence-corrected chi connectivity index (χ0v) is 9.70. The van der Waals surface area contributed by atoms with Gasteiger partial charge in [0.25, 0.3) is 0 Å². The number of ether oxygens (including phenoxy) is 2. The molecule has 0 atom stereocenters. The van der Waals surface area contributed by atoms with Crippen molar-refractivity contribution in [2.45, 2.75) is 19.4 Å². The topological polar surface area (TPSA) is 43.4 Å². The summed E-state index contributed by atoms with van der Waals surface area (Å²) < 4.78 is 10.3. The third-order valence-corrected chi connectivity index (χ3v) is 2.21. The maximum atomic E-state index is 5.31. The molecule has 1 N–H and O–H groups in total. The molecule has 0 spiro atoms. The zero-order chi connectivity index (χ0) is 11.3. The Kier molecular flexibility index (Phi) is 3.91. The van der Waals surface area contributed by atoms with E-state index >= 15 is 0 Å². The molecule has 0 saturated heterocycles. The molecule has 0 fully saturated rings. The number of nitrogens with one attached hydrogen (secondary N) is 1. The number of aromatic nitrogens is 1. The lowest BCUT2D eigenvalue weighted by molar-refractivity contribution is 0.0344. The second-order valence-electron chi connectivity index (χ2n) is 3.90. The average molecular weight is 210 g/mol. The first-order chi connectivity index (χ1) is 7.07. The van der Waals surface area contributed by atoms with Crippen LogP contribution in [0.5, 0.6) is 5.88 Å². The third-order valence-electron chi connectivity index (χ3n) is 2.21. The van der Waals surface area contributed by atoms with Crippen molar-refractivity contribution in [2.75, 3.05) is 26.1 Å². The minimum atomic E-state index is -0.184. The number of rotatable bonds is 5. The molecule has 84 valence electrons. The highest BCUT2D eigenvalue weighted by atomic mass is 16.5. The molecule has 0 saturated carbocycles. The highest BCUT2D eigenvalue weighted by molar-refractivity contribution is 5.45. The maximum absolute atomic E-state index is 5.31. The summed E-state index contributed by atoms with van der Waals surface area (Å²) in [6.07, 6.45) is 1.71. The number of hydrogen-bond acceptors (Lipinski definition) is 4. The normalized spacial score (nSPS) is 11.2. The van der Waals surface area contributed by atoms with Crippen LogP contribution in [0, 0.1) is 0 Å². The summed E-state index contributed by atoms with van der Waals surface area (Å²) in [6, 6.07) is 3.75. The van der Waals surface area contributed by atoms with Gasteiger partial charge in [-0.3, -0.25) is 0 Å². The first-order valence-electron chi connectivity index (χ1n) is 4.86. The van der Waals surface area contributed by atoms with Gasteiger partial charge in [-0.25, -0.2) is 4.98 Å².